The topological polar surface area (TPSA) is 125 Å². The maximum Gasteiger partial charge on any atom is 0.260 e. The number of ether oxygens (including phenoxy) is 2. The number of hydrogen-bond acceptors (Lipinski definition) is 7. The summed E-state index contributed by atoms with van der Waals surface area (Å²) in [7, 11) is 1.51. The van der Waals surface area contributed by atoms with Crippen LogP contribution in [0.25, 0.3) is 0 Å². The first-order valence-corrected chi connectivity index (χ1v) is 9.66. The predicted octanol–water partition coefficient (Wildman–Crippen LogP) is 1.31. The van der Waals surface area contributed by atoms with E-state index < -0.39 is 11.9 Å². The zero-order chi connectivity index (χ0) is 21.8. The van der Waals surface area contributed by atoms with Gasteiger partial charge in [0.1, 0.15) is 12.4 Å². The van der Waals surface area contributed by atoms with Crippen LogP contribution in [-0.2, 0) is 9.59 Å². The van der Waals surface area contributed by atoms with Crippen molar-refractivity contribution in [3.8, 4) is 11.5 Å². The molecule has 30 heavy (non-hydrogen) atoms. The molecule has 2 amide bonds. The molecule has 1 aliphatic heterocycles. The van der Waals surface area contributed by atoms with E-state index in [2.05, 4.69) is 15.4 Å². The van der Waals surface area contributed by atoms with E-state index >= 15 is 0 Å². The molecule has 0 aliphatic carbocycles. The molecule has 3 rings (SSSR count). The molecule has 160 valence electrons. The number of likely N-dealkylation sites (N-methyl/N-ethyl adjacent to an activating group) is 1. The third-order valence-corrected chi connectivity index (χ3v) is 5.03. The van der Waals surface area contributed by atoms with Gasteiger partial charge in [-0.15, -0.1) is 0 Å². The first kappa shape index (κ1) is 21.2. The van der Waals surface area contributed by atoms with Crippen molar-refractivity contribution in [2.24, 2.45) is 5.73 Å². The lowest BCUT2D eigenvalue weighted by Crippen LogP contribution is -2.34. The number of fused-ring (bicyclic) bond motifs is 1. The smallest absolute Gasteiger partial charge is 0.260 e. The fraction of sp³-hybridized carbons (Fsp3) is 0.400. The summed E-state index contributed by atoms with van der Waals surface area (Å²) in [6.45, 7) is 6.74. The van der Waals surface area contributed by atoms with Crippen LogP contribution in [-0.4, -0.2) is 58.3 Å². The fourth-order valence-corrected chi connectivity index (χ4v) is 3.50. The van der Waals surface area contributed by atoms with E-state index in [1.807, 2.05) is 13.8 Å². The number of rotatable bonds is 8. The van der Waals surface area contributed by atoms with Crippen LogP contribution in [0.5, 0.6) is 11.5 Å². The van der Waals surface area contributed by atoms with Gasteiger partial charge in [-0.3, -0.25) is 9.59 Å². The molecule has 2 aromatic rings. The number of aromatic nitrogens is 3. The van der Waals surface area contributed by atoms with Gasteiger partial charge in [-0.2, -0.15) is 10.1 Å². The van der Waals surface area contributed by atoms with Gasteiger partial charge in [-0.05, 0) is 38.5 Å². The second kappa shape index (κ2) is 8.85. The molecule has 1 aromatic heterocycles. The average Bonchev–Trinajstić information content (AvgIpc) is 3.19. The number of carbonyl (C=O) groups is 2. The lowest BCUT2D eigenvalue weighted by atomic mass is 9.95. The lowest BCUT2D eigenvalue weighted by Gasteiger charge is -2.28. The third kappa shape index (κ3) is 3.93. The summed E-state index contributed by atoms with van der Waals surface area (Å²) >= 11 is 0. The van der Waals surface area contributed by atoms with Gasteiger partial charge in [0.2, 0.25) is 11.9 Å². The van der Waals surface area contributed by atoms with Gasteiger partial charge in [-0.1, -0.05) is 6.07 Å². The van der Waals surface area contributed by atoms with Crippen LogP contribution in [0.2, 0.25) is 0 Å². The Morgan fingerprint density at radius 1 is 1.27 bits per heavy atom. The van der Waals surface area contributed by atoms with E-state index in [1.54, 1.807) is 34.7 Å². The van der Waals surface area contributed by atoms with Crippen LogP contribution in [0.3, 0.4) is 0 Å². The van der Waals surface area contributed by atoms with Crippen molar-refractivity contribution in [3.63, 3.8) is 0 Å². The zero-order valence-electron chi connectivity index (χ0n) is 17.5. The molecule has 1 aliphatic rings. The van der Waals surface area contributed by atoms with Gasteiger partial charge in [0.25, 0.3) is 5.91 Å². The maximum atomic E-state index is 12.2. The number of methoxy groups -OCH3 is 1. The minimum atomic E-state index is -0.568. The van der Waals surface area contributed by atoms with E-state index in [1.165, 1.54) is 13.4 Å². The molecule has 2 heterocycles. The number of nitrogens with two attached hydrogens (primary N) is 1. The highest BCUT2D eigenvalue weighted by Gasteiger charge is 2.32. The van der Waals surface area contributed by atoms with E-state index in [-0.39, 0.29) is 12.5 Å². The van der Waals surface area contributed by atoms with Crippen LogP contribution in [0.15, 0.2) is 35.8 Å². The Balaban J connectivity index is 1.93. The number of amides is 2. The standard InChI is InChI=1S/C20H26N6O4/c1-5-25(6-2)16(27)10-30-14-8-7-13(9-15(14)29-4)18-17(19(21)28)12(3)24-20-22-11-23-26(18)20/h7-9,11,18H,5-6,10H2,1-4H3,(H2,21,28)(H,22,23,24). The number of benzene rings is 1. The summed E-state index contributed by atoms with van der Waals surface area (Å²) in [5.74, 6) is 0.700. The van der Waals surface area contributed by atoms with Gasteiger partial charge in [-0.25, -0.2) is 4.68 Å². The minimum absolute atomic E-state index is 0.0937. The minimum Gasteiger partial charge on any atom is -0.493 e. The molecule has 0 saturated carbocycles. The Kier molecular flexibility index (Phi) is 6.24. The molecule has 0 spiro atoms. The summed E-state index contributed by atoms with van der Waals surface area (Å²) in [6.07, 6.45) is 1.40. The van der Waals surface area contributed by atoms with Crippen LogP contribution in [0.4, 0.5) is 5.95 Å². The molecule has 0 saturated heterocycles. The number of anilines is 1. The van der Waals surface area contributed by atoms with Crippen molar-refractivity contribution >= 4 is 17.8 Å². The van der Waals surface area contributed by atoms with Gasteiger partial charge < -0.3 is 25.4 Å². The largest absolute Gasteiger partial charge is 0.493 e. The quantitative estimate of drug-likeness (QED) is 0.667. The normalized spacial score (nSPS) is 15.3. The Hall–Kier alpha value is -3.56. The number of carbonyl (C=O) groups excluding carboxylic acids is 2. The Morgan fingerprint density at radius 2 is 2.00 bits per heavy atom. The second-order valence-corrected chi connectivity index (χ2v) is 6.72. The SMILES string of the molecule is CCN(CC)C(=O)COc1ccc(C2C(C(N)=O)=C(C)Nc3ncnn32)cc1OC. The van der Waals surface area contributed by atoms with Gasteiger partial charge in [0, 0.05) is 18.8 Å². The lowest BCUT2D eigenvalue weighted by molar-refractivity contribution is -0.133. The number of hydrogen-bond donors (Lipinski definition) is 2. The summed E-state index contributed by atoms with van der Waals surface area (Å²) in [5, 5.41) is 7.27. The predicted molar refractivity (Wildman–Crippen MR) is 110 cm³/mol. The molecule has 0 bridgehead atoms. The highest BCUT2D eigenvalue weighted by atomic mass is 16.5. The molecule has 1 aromatic carbocycles. The van der Waals surface area contributed by atoms with E-state index in [9.17, 15) is 9.59 Å². The highest BCUT2D eigenvalue weighted by Crippen LogP contribution is 2.38. The third-order valence-electron chi connectivity index (χ3n) is 5.03. The van der Waals surface area contributed by atoms with Gasteiger partial charge in [0.15, 0.2) is 18.1 Å². The van der Waals surface area contributed by atoms with Gasteiger partial charge in [0.05, 0.1) is 12.7 Å². The van der Waals surface area contributed by atoms with Crippen LogP contribution < -0.4 is 20.5 Å². The highest BCUT2D eigenvalue weighted by molar-refractivity contribution is 5.95. The Morgan fingerprint density at radius 3 is 2.63 bits per heavy atom. The molecule has 10 heteroatoms. The van der Waals surface area contributed by atoms with Crippen LogP contribution >= 0.6 is 0 Å². The Bertz CT molecular complexity index is 979. The van der Waals surface area contributed by atoms with Gasteiger partial charge >= 0.3 is 0 Å². The van der Waals surface area contributed by atoms with Crippen molar-refractivity contribution in [1.82, 2.24) is 19.7 Å². The summed E-state index contributed by atoms with van der Waals surface area (Å²) in [4.78, 5) is 30.3. The number of primary amides is 1. The number of allylic oxidation sites excluding steroid dienone is 1. The number of nitrogens with zero attached hydrogens (tertiary/aromatic N) is 4. The molecule has 0 fully saturated rings. The molecule has 10 nitrogen and oxygen atoms in total. The van der Waals surface area contributed by atoms with Crippen LogP contribution in [0, 0.1) is 0 Å². The first-order valence-electron chi connectivity index (χ1n) is 9.66. The average molecular weight is 414 g/mol. The maximum absolute atomic E-state index is 12.2. The molecule has 1 atom stereocenters. The summed E-state index contributed by atoms with van der Waals surface area (Å²) in [6, 6.07) is 4.67. The van der Waals surface area contributed by atoms with Crippen molar-refractivity contribution in [2.75, 3.05) is 32.1 Å². The molecule has 0 radical (unpaired) electrons. The Labute approximate surface area is 174 Å². The number of nitrogens with one attached hydrogen (secondary N) is 1. The monoisotopic (exact) mass is 414 g/mol. The van der Waals surface area contributed by atoms with Crippen molar-refractivity contribution in [2.45, 2.75) is 26.8 Å². The van der Waals surface area contributed by atoms with E-state index in [0.29, 0.717) is 41.8 Å². The molecular weight excluding hydrogens is 388 g/mol. The zero-order valence-corrected chi connectivity index (χ0v) is 17.5. The van der Waals surface area contributed by atoms with Crippen molar-refractivity contribution < 1.29 is 19.1 Å². The van der Waals surface area contributed by atoms with Crippen molar-refractivity contribution in [1.29, 1.82) is 0 Å². The molecule has 1 unspecified atom stereocenters. The van der Waals surface area contributed by atoms with Crippen LogP contribution in [0.1, 0.15) is 32.4 Å². The fourth-order valence-electron chi connectivity index (χ4n) is 3.50. The van der Waals surface area contributed by atoms with E-state index in [0.717, 1.165) is 5.56 Å². The molecule has 3 N–H and O–H groups in total. The van der Waals surface area contributed by atoms with E-state index in [4.69, 9.17) is 15.2 Å². The van der Waals surface area contributed by atoms with Crippen molar-refractivity contribution in [3.05, 3.63) is 41.4 Å². The first-order chi connectivity index (χ1) is 14.4. The second-order valence-electron chi connectivity index (χ2n) is 6.72. The summed E-state index contributed by atoms with van der Waals surface area (Å²) < 4.78 is 12.8. The summed E-state index contributed by atoms with van der Waals surface area (Å²) in [5.41, 5.74) is 7.35. The molecular formula is C20H26N6O4.